The summed E-state index contributed by atoms with van der Waals surface area (Å²) in [5.41, 5.74) is 7.39. The van der Waals surface area contributed by atoms with Gasteiger partial charge in [-0.3, -0.25) is 4.68 Å². The van der Waals surface area contributed by atoms with Gasteiger partial charge in [0.15, 0.2) is 0 Å². The molecule has 0 amide bonds. The molecule has 0 spiro atoms. The van der Waals surface area contributed by atoms with E-state index >= 15 is 0 Å². The van der Waals surface area contributed by atoms with Crippen LogP contribution in [0.15, 0.2) is 0 Å². The summed E-state index contributed by atoms with van der Waals surface area (Å²) in [6.45, 7) is 4.09. The Morgan fingerprint density at radius 1 is 1.44 bits per heavy atom. The van der Waals surface area contributed by atoms with Gasteiger partial charge in [0.05, 0.1) is 18.0 Å². The quantitative estimate of drug-likeness (QED) is 0.736. The molecule has 0 aliphatic rings. The number of nitrogens with zero attached hydrogens (tertiary/aromatic N) is 2. The predicted molar refractivity (Wildman–Crippen MR) is 67.0 cm³/mol. The van der Waals surface area contributed by atoms with Crippen molar-refractivity contribution in [2.75, 3.05) is 30.8 Å². The summed E-state index contributed by atoms with van der Waals surface area (Å²) >= 11 is 0. The maximum Gasteiger partial charge on any atom is 0.261 e. The van der Waals surface area contributed by atoms with Gasteiger partial charge in [-0.25, -0.2) is 8.78 Å². The van der Waals surface area contributed by atoms with E-state index in [-0.39, 0.29) is 12.5 Å². The molecule has 0 aliphatic carbocycles. The second-order valence-corrected chi connectivity index (χ2v) is 4.32. The minimum Gasteiger partial charge on any atom is -0.394 e. The number of nitrogens with two attached hydrogens (primary N) is 1. The molecule has 0 aliphatic heterocycles. The molecule has 7 heteroatoms. The molecule has 0 aromatic carbocycles. The lowest BCUT2D eigenvalue weighted by molar-refractivity contribution is 0.0214. The highest BCUT2D eigenvalue weighted by Crippen LogP contribution is 2.27. The number of hydrogen-bond acceptors (Lipinski definition) is 4. The Balaban J connectivity index is 2.47. The monoisotopic (exact) mass is 262 g/mol. The van der Waals surface area contributed by atoms with E-state index < -0.39 is 13.0 Å². The highest BCUT2D eigenvalue weighted by atomic mass is 19.3. The van der Waals surface area contributed by atoms with E-state index in [1.807, 2.05) is 13.8 Å². The molecular formula is C11H20F2N4O. The number of nitrogens with one attached hydrogen (secondary N) is 1. The number of nitrogen functional groups attached to an aromatic ring is 1. The van der Waals surface area contributed by atoms with Gasteiger partial charge in [0.2, 0.25) is 0 Å². The van der Waals surface area contributed by atoms with Gasteiger partial charge in [0.25, 0.3) is 6.43 Å². The molecule has 104 valence electrons. The Kier molecular flexibility index (Phi) is 5.33. The van der Waals surface area contributed by atoms with E-state index in [2.05, 4.69) is 10.4 Å². The van der Waals surface area contributed by atoms with Crippen molar-refractivity contribution in [1.29, 1.82) is 0 Å². The van der Waals surface area contributed by atoms with E-state index in [9.17, 15) is 8.78 Å². The molecule has 0 atom stereocenters. The number of ether oxygens (including phenoxy) is 1. The van der Waals surface area contributed by atoms with Gasteiger partial charge in [0.1, 0.15) is 12.4 Å². The third-order valence-electron chi connectivity index (χ3n) is 2.44. The normalized spacial score (nSPS) is 11.5. The van der Waals surface area contributed by atoms with Crippen LogP contribution in [-0.2, 0) is 11.8 Å². The second-order valence-electron chi connectivity index (χ2n) is 4.32. The molecular weight excluding hydrogens is 242 g/mol. The fourth-order valence-corrected chi connectivity index (χ4v) is 1.61. The van der Waals surface area contributed by atoms with Crippen LogP contribution in [0.4, 0.5) is 20.3 Å². The minimum atomic E-state index is -2.43. The second kappa shape index (κ2) is 6.53. The summed E-state index contributed by atoms with van der Waals surface area (Å²) in [5, 5.41) is 7.34. The number of aryl methyl sites for hydroxylation is 1. The number of halogens is 2. The van der Waals surface area contributed by atoms with Crippen LogP contribution < -0.4 is 11.1 Å². The van der Waals surface area contributed by atoms with Crippen LogP contribution in [0.1, 0.15) is 25.5 Å². The minimum absolute atomic E-state index is 0.200. The zero-order valence-corrected chi connectivity index (χ0v) is 10.9. The van der Waals surface area contributed by atoms with Crippen molar-refractivity contribution in [3.05, 3.63) is 5.69 Å². The van der Waals surface area contributed by atoms with Crippen molar-refractivity contribution in [2.24, 2.45) is 7.05 Å². The molecule has 1 aromatic heterocycles. The lowest BCUT2D eigenvalue weighted by atomic mass is 10.1. The zero-order valence-electron chi connectivity index (χ0n) is 10.9. The standard InChI is InChI=1S/C11H20F2N4O/c1-7(2)10-9(14)11(17(3)16-10)15-4-5-18-6-8(12)13/h7-8,15H,4-6,14H2,1-3H3. The Bertz CT molecular complexity index is 379. The molecule has 3 N–H and O–H groups in total. The van der Waals surface area contributed by atoms with Crippen LogP contribution in [0, 0.1) is 0 Å². The molecule has 0 fully saturated rings. The average Bonchev–Trinajstić information content (AvgIpc) is 2.55. The summed E-state index contributed by atoms with van der Waals surface area (Å²) < 4.78 is 30.1. The topological polar surface area (TPSA) is 65.1 Å². The number of anilines is 2. The maximum absolute atomic E-state index is 11.8. The summed E-state index contributed by atoms with van der Waals surface area (Å²) in [6.07, 6.45) is -2.43. The van der Waals surface area contributed by atoms with Crippen molar-refractivity contribution in [2.45, 2.75) is 26.2 Å². The zero-order chi connectivity index (χ0) is 13.7. The Hall–Kier alpha value is -1.37. The van der Waals surface area contributed by atoms with Crippen LogP contribution in [0.2, 0.25) is 0 Å². The number of rotatable bonds is 7. The molecule has 0 bridgehead atoms. The summed E-state index contributed by atoms with van der Waals surface area (Å²) in [5.74, 6) is 0.932. The first-order chi connectivity index (χ1) is 8.43. The van der Waals surface area contributed by atoms with Crippen LogP contribution in [0.25, 0.3) is 0 Å². The number of hydrogen-bond donors (Lipinski definition) is 2. The van der Waals surface area contributed by atoms with E-state index in [0.29, 0.717) is 18.1 Å². The molecule has 1 rings (SSSR count). The fourth-order valence-electron chi connectivity index (χ4n) is 1.61. The first-order valence-electron chi connectivity index (χ1n) is 5.85. The van der Waals surface area contributed by atoms with Crippen molar-refractivity contribution in [1.82, 2.24) is 9.78 Å². The first kappa shape index (κ1) is 14.7. The Labute approximate surface area is 105 Å². The maximum atomic E-state index is 11.8. The van der Waals surface area contributed by atoms with Gasteiger partial charge in [-0.05, 0) is 5.92 Å². The SMILES string of the molecule is CC(C)c1nn(C)c(NCCOCC(F)F)c1N. The molecule has 5 nitrogen and oxygen atoms in total. The van der Waals surface area contributed by atoms with Crippen LogP contribution in [-0.4, -0.2) is 36.0 Å². The molecule has 0 unspecified atom stereocenters. The smallest absolute Gasteiger partial charge is 0.261 e. The summed E-state index contributed by atoms with van der Waals surface area (Å²) in [4.78, 5) is 0. The third-order valence-corrected chi connectivity index (χ3v) is 2.44. The van der Waals surface area contributed by atoms with Crippen molar-refractivity contribution in [3.8, 4) is 0 Å². The van der Waals surface area contributed by atoms with Crippen LogP contribution >= 0.6 is 0 Å². The highest BCUT2D eigenvalue weighted by Gasteiger charge is 2.15. The lowest BCUT2D eigenvalue weighted by Gasteiger charge is -2.08. The van der Waals surface area contributed by atoms with Gasteiger partial charge >= 0.3 is 0 Å². The van der Waals surface area contributed by atoms with Crippen molar-refractivity contribution in [3.63, 3.8) is 0 Å². The third kappa shape index (κ3) is 3.83. The predicted octanol–water partition coefficient (Wildman–Crippen LogP) is 1.82. The van der Waals surface area contributed by atoms with Crippen LogP contribution in [0.5, 0.6) is 0 Å². The van der Waals surface area contributed by atoms with Crippen molar-refractivity contribution < 1.29 is 13.5 Å². The number of alkyl halides is 2. The Morgan fingerprint density at radius 2 is 2.11 bits per heavy atom. The van der Waals surface area contributed by atoms with E-state index in [1.54, 1.807) is 11.7 Å². The highest BCUT2D eigenvalue weighted by molar-refractivity contribution is 5.65. The van der Waals surface area contributed by atoms with Gasteiger partial charge in [-0.2, -0.15) is 5.10 Å². The van der Waals surface area contributed by atoms with E-state index in [4.69, 9.17) is 10.5 Å². The number of aromatic nitrogens is 2. The Morgan fingerprint density at radius 3 is 2.61 bits per heavy atom. The van der Waals surface area contributed by atoms with E-state index in [1.165, 1.54) is 0 Å². The van der Waals surface area contributed by atoms with E-state index in [0.717, 1.165) is 5.69 Å². The van der Waals surface area contributed by atoms with Gasteiger partial charge in [-0.15, -0.1) is 0 Å². The molecule has 0 saturated heterocycles. The van der Waals surface area contributed by atoms with Gasteiger partial charge < -0.3 is 15.8 Å². The van der Waals surface area contributed by atoms with Crippen molar-refractivity contribution >= 4 is 11.5 Å². The molecule has 0 radical (unpaired) electrons. The summed E-state index contributed by atoms with van der Waals surface area (Å²) in [7, 11) is 1.78. The first-order valence-corrected chi connectivity index (χ1v) is 5.85. The fraction of sp³-hybridized carbons (Fsp3) is 0.727. The average molecular weight is 262 g/mol. The molecule has 0 saturated carbocycles. The largest absolute Gasteiger partial charge is 0.394 e. The lowest BCUT2D eigenvalue weighted by Crippen LogP contribution is -2.15. The molecule has 18 heavy (non-hydrogen) atoms. The van der Waals surface area contributed by atoms with Crippen LogP contribution in [0.3, 0.4) is 0 Å². The summed E-state index contributed by atoms with van der Waals surface area (Å²) in [6, 6.07) is 0. The molecule has 1 aromatic rings. The van der Waals surface area contributed by atoms with Gasteiger partial charge in [-0.1, -0.05) is 13.8 Å². The van der Waals surface area contributed by atoms with Gasteiger partial charge in [0, 0.05) is 13.6 Å². The molecule has 1 heterocycles.